The number of amides is 2. The first-order chi connectivity index (χ1) is 9.13. The molecule has 102 valence electrons. The lowest BCUT2D eigenvalue weighted by Gasteiger charge is -2.37. The number of benzene rings is 1. The van der Waals surface area contributed by atoms with E-state index in [9.17, 15) is 9.90 Å². The molecule has 0 radical (unpaired) electrons. The summed E-state index contributed by atoms with van der Waals surface area (Å²) in [5.74, 6) is 0. The minimum absolute atomic E-state index is 0.0231. The molecule has 2 aliphatic heterocycles. The van der Waals surface area contributed by atoms with Crippen LogP contribution < -0.4 is 5.32 Å². The molecule has 2 aliphatic rings. The van der Waals surface area contributed by atoms with Crippen LogP contribution >= 0.6 is 0 Å². The molecule has 3 rings (SSSR count). The molecular weight excluding hydrogens is 240 g/mol. The Hall–Kier alpha value is -1.55. The minimum Gasteiger partial charge on any atom is -0.393 e. The molecule has 0 saturated carbocycles. The van der Waals surface area contributed by atoms with Gasteiger partial charge in [-0.15, -0.1) is 0 Å². The van der Waals surface area contributed by atoms with Crippen LogP contribution in [0.2, 0.25) is 0 Å². The molecule has 2 fully saturated rings. The summed E-state index contributed by atoms with van der Waals surface area (Å²) in [5.41, 5.74) is 1.98. The molecule has 0 aliphatic carbocycles. The van der Waals surface area contributed by atoms with Crippen molar-refractivity contribution >= 4 is 11.7 Å². The number of carbonyl (C=O) groups excluding carboxylic acids is 1. The van der Waals surface area contributed by atoms with Crippen LogP contribution in [0.15, 0.2) is 24.3 Å². The lowest BCUT2D eigenvalue weighted by molar-refractivity contribution is 0.0580. The summed E-state index contributed by atoms with van der Waals surface area (Å²) in [6.45, 7) is 2.01. The number of anilines is 1. The first kappa shape index (κ1) is 12.5. The van der Waals surface area contributed by atoms with E-state index in [0.29, 0.717) is 0 Å². The number of nitrogens with one attached hydrogen (secondary N) is 1. The largest absolute Gasteiger partial charge is 0.393 e. The van der Waals surface area contributed by atoms with Crippen molar-refractivity contribution in [1.82, 2.24) is 4.90 Å². The second-order valence-corrected chi connectivity index (χ2v) is 5.72. The number of aryl methyl sites for hydroxylation is 1. The van der Waals surface area contributed by atoms with E-state index in [4.69, 9.17) is 0 Å². The van der Waals surface area contributed by atoms with Gasteiger partial charge in [-0.25, -0.2) is 4.79 Å². The van der Waals surface area contributed by atoms with E-state index in [0.717, 1.165) is 36.9 Å². The van der Waals surface area contributed by atoms with Gasteiger partial charge in [-0.05, 0) is 50.3 Å². The van der Waals surface area contributed by atoms with Crippen molar-refractivity contribution in [2.75, 3.05) is 5.32 Å². The van der Waals surface area contributed by atoms with Crippen molar-refractivity contribution in [3.63, 3.8) is 0 Å². The summed E-state index contributed by atoms with van der Waals surface area (Å²) in [6, 6.07) is 8.22. The number of aliphatic hydroxyl groups is 1. The predicted molar refractivity (Wildman–Crippen MR) is 74.1 cm³/mol. The molecular formula is C15H20N2O2. The second-order valence-electron chi connectivity index (χ2n) is 5.72. The van der Waals surface area contributed by atoms with Crippen molar-refractivity contribution in [2.45, 2.75) is 50.8 Å². The highest BCUT2D eigenvalue weighted by atomic mass is 16.3. The van der Waals surface area contributed by atoms with Crippen LogP contribution in [-0.4, -0.2) is 34.2 Å². The van der Waals surface area contributed by atoms with Crippen LogP contribution in [0, 0.1) is 6.92 Å². The fraction of sp³-hybridized carbons (Fsp3) is 0.533. The van der Waals surface area contributed by atoms with Gasteiger partial charge in [0, 0.05) is 17.8 Å². The number of piperidine rings is 1. The number of hydrogen-bond donors (Lipinski definition) is 2. The van der Waals surface area contributed by atoms with Gasteiger partial charge >= 0.3 is 6.03 Å². The van der Waals surface area contributed by atoms with Gasteiger partial charge in [0.15, 0.2) is 0 Å². The average molecular weight is 260 g/mol. The van der Waals surface area contributed by atoms with Crippen molar-refractivity contribution in [2.24, 2.45) is 0 Å². The summed E-state index contributed by atoms with van der Waals surface area (Å²) < 4.78 is 0. The fourth-order valence-electron chi connectivity index (χ4n) is 3.39. The van der Waals surface area contributed by atoms with E-state index in [-0.39, 0.29) is 24.2 Å². The number of aliphatic hydroxyl groups excluding tert-OH is 1. The van der Waals surface area contributed by atoms with Gasteiger partial charge < -0.3 is 15.3 Å². The van der Waals surface area contributed by atoms with Crippen molar-refractivity contribution in [3.05, 3.63) is 29.8 Å². The topological polar surface area (TPSA) is 52.6 Å². The molecule has 2 bridgehead atoms. The van der Waals surface area contributed by atoms with Crippen LogP contribution in [0.1, 0.15) is 31.2 Å². The van der Waals surface area contributed by atoms with Gasteiger partial charge in [0.2, 0.25) is 0 Å². The highest BCUT2D eigenvalue weighted by molar-refractivity contribution is 5.90. The Morgan fingerprint density at radius 3 is 2.63 bits per heavy atom. The van der Waals surface area contributed by atoms with Crippen molar-refractivity contribution in [1.29, 1.82) is 0 Å². The van der Waals surface area contributed by atoms with Crippen LogP contribution in [-0.2, 0) is 0 Å². The molecule has 2 N–H and O–H groups in total. The molecule has 1 aromatic rings. The van der Waals surface area contributed by atoms with E-state index in [1.807, 2.05) is 36.1 Å². The molecule has 2 saturated heterocycles. The zero-order valence-electron chi connectivity index (χ0n) is 11.2. The number of carbonyl (C=O) groups is 1. The minimum atomic E-state index is -0.236. The summed E-state index contributed by atoms with van der Waals surface area (Å²) in [6.07, 6.45) is 3.24. The number of fused-ring (bicyclic) bond motifs is 2. The van der Waals surface area contributed by atoms with Gasteiger partial charge in [0.25, 0.3) is 0 Å². The monoisotopic (exact) mass is 260 g/mol. The normalized spacial score (nSPS) is 29.4. The Labute approximate surface area is 113 Å². The Balaban J connectivity index is 1.71. The van der Waals surface area contributed by atoms with Crippen LogP contribution in [0.4, 0.5) is 10.5 Å². The quantitative estimate of drug-likeness (QED) is 0.815. The highest BCUT2D eigenvalue weighted by Gasteiger charge is 2.42. The third-order valence-electron chi connectivity index (χ3n) is 4.21. The van der Waals surface area contributed by atoms with E-state index < -0.39 is 0 Å². The first-order valence-corrected chi connectivity index (χ1v) is 6.97. The smallest absolute Gasteiger partial charge is 0.322 e. The zero-order valence-corrected chi connectivity index (χ0v) is 11.2. The molecule has 0 aromatic heterocycles. The summed E-state index contributed by atoms with van der Waals surface area (Å²) >= 11 is 0. The maximum Gasteiger partial charge on any atom is 0.322 e. The Kier molecular flexibility index (Phi) is 3.19. The third kappa shape index (κ3) is 2.45. The number of urea groups is 1. The molecule has 1 aromatic carbocycles. The number of rotatable bonds is 1. The highest BCUT2D eigenvalue weighted by Crippen LogP contribution is 2.36. The Morgan fingerprint density at radius 2 is 2.00 bits per heavy atom. The average Bonchev–Trinajstić information content (AvgIpc) is 2.62. The summed E-state index contributed by atoms with van der Waals surface area (Å²) in [4.78, 5) is 14.3. The number of hydrogen-bond acceptors (Lipinski definition) is 2. The zero-order chi connectivity index (χ0) is 13.4. The SMILES string of the molecule is Cc1cccc(NC(=O)N2C3CCC2CC(O)C3)c1. The molecule has 2 atom stereocenters. The Morgan fingerprint density at radius 1 is 1.32 bits per heavy atom. The van der Waals surface area contributed by atoms with Crippen LogP contribution in [0.3, 0.4) is 0 Å². The molecule has 2 heterocycles. The van der Waals surface area contributed by atoms with Gasteiger partial charge in [0.05, 0.1) is 6.10 Å². The number of nitrogens with zero attached hydrogens (tertiary/aromatic N) is 1. The van der Waals surface area contributed by atoms with E-state index in [2.05, 4.69) is 5.32 Å². The van der Waals surface area contributed by atoms with Crippen molar-refractivity contribution < 1.29 is 9.90 Å². The van der Waals surface area contributed by atoms with E-state index in [1.54, 1.807) is 0 Å². The molecule has 2 unspecified atom stereocenters. The summed E-state index contributed by atoms with van der Waals surface area (Å²) in [7, 11) is 0. The Bertz CT molecular complexity index is 475. The van der Waals surface area contributed by atoms with Gasteiger partial charge in [-0.1, -0.05) is 12.1 Å². The maximum absolute atomic E-state index is 12.4. The van der Waals surface area contributed by atoms with Crippen molar-refractivity contribution in [3.8, 4) is 0 Å². The lowest BCUT2D eigenvalue weighted by Crippen LogP contribution is -2.49. The van der Waals surface area contributed by atoms with Gasteiger partial charge in [-0.3, -0.25) is 0 Å². The molecule has 2 amide bonds. The standard InChI is InChI=1S/C15H20N2O2/c1-10-3-2-4-11(7-10)16-15(19)17-12-5-6-13(17)9-14(18)8-12/h2-4,7,12-14,18H,5-6,8-9H2,1H3,(H,16,19). The summed E-state index contributed by atoms with van der Waals surface area (Å²) in [5, 5.41) is 12.7. The third-order valence-corrected chi connectivity index (χ3v) is 4.21. The first-order valence-electron chi connectivity index (χ1n) is 6.97. The van der Waals surface area contributed by atoms with E-state index >= 15 is 0 Å². The molecule has 0 spiro atoms. The van der Waals surface area contributed by atoms with Crippen LogP contribution in [0.5, 0.6) is 0 Å². The maximum atomic E-state index is 12.4. The lowest BCUT2D eigenvalue weighted by atomic mass is 10.0. The van der Waals surface area contributed by atoms with Gasteiger partial charge in [-0.2, -0.15) is 0 Å². The molecule has 19 heavy (non-hydrogen) atoms. The van der Waals surface area contributed by atoms with Crippen LogP contribution in [0.25, 0.3) is 0 Å². The van der Waals surface area contributed by atoms with Gasteiger partial charge in [0.1, 0.15) is 0 Å². The fourth-order valence-corrected chi connectivity index (χ4v) is 3.39. The van der Waals surface area contributed by atoms with E-state index in [1.165, 1.54) is 0 Å². The predicted octanol–water partition coefficient (Wildman–Crippen LogP) is 2.51. The second kappa shape index (κ2) is 4.85. The molecule has 4 nitrogen and oxygen atoms in total. The molecule has 4 heteroatoms.